The van der Waals surface area contributed by atoms with Crippen LogP contribution >= 0.6 is 0 Å². The minimum absolute atomic E-state index is 0.0176. The Balaban J connectivity index is 0.00000161. The van der Waals surface area contributed by atoms with Crippen LogP contribution in [0.25, 0.3) is 0 Å². The number of rotatable bonds is 52. The average molecular weight is 1700 g/mol. The van der Waals surface area contributed by atoms with Gasteiger partial charge in [-0.1, -0.05) is 186 Å². The van der Waals surface area contributed by atoms with Gasteiger partial charge in [-0.25, -0.2) is 0 Å². The molecule has 0 spiro atoms. The maximum atomic E-state index is 12.8. The normalized spacial score (nSPS) is 23.4. The van der Waals surface area contributed by atoms with E-state index < -0.39 is 24.0 Å². The smallest absolute Gasteiger partial charge is 0.220 e. The summed E-state index contributed by atoms with van der Waals surface area (Å²) in [5, 5.41) is 21.9. The minimum Gasteiger partial charge on any atom is -0.379 e. The predicted octanol–water partition coefficient (Wildman–Crippen LogP) is 18.9. The molecule has 15 unspecified atom stereocenters. The van der Waals surface area contributed by atoms with Gasteiger partial charge in [-0.3, -0.25) is 38.4 Å². The quantitative estimate of drug-likeness (QED) is 0.0279. The molecule has 20 nitrogen and oxygen atoms in total. The van der Waals surface area contributed by atoms with Gasteiger partial charge in [0.1, 0.15) is 5.78 Å². The van der Waals surface area contributed by atoms with Crippen molar-refractivity contribution in [1.82, 2.24) is 37.2 Å². The van der Waals surface area contributed by atoms with Crippen molar-refractivity contribution in [3.8, 4) is 0 Å². The second-order valence-electron chi connectivity index (χ2n) is 41.5. The van der Waals surface area contributed by atoms with E-state index in [1.54, 1.807) is 41.5 Å². The summed E-state index contributed by atoms with van der Waals surface area (Å²) in [7, 11) is 1.94. The van der Waals surface area contributed by atoms with Gasteiger partial charge >= 0.3 is 0 Å². The molecule has 0 aliphatic heterocycles. The van der Waals surface area contributed by atoms with Crippen molar-refractivity contribution >= 4 is 46.5 Å². The molecule has 4 fully saturated rings. The summed E-state index contributed by atoms with van der Waals surface area (Å²) in [5.74, 6) is 4.14. The molecule has 4 rings (SSSR count). The standard InChI is InChI=1S/C34H62O4.C30H53N3O6.C14H30N2O.C12H26N2O.C10H22O/c1-20(2)35-19-24(9)27-12-13-28-32-29(18-31(34(27,28)11)38-23(7)8)33(10)15-14-26(36-21(3)4)16-25(33)17-30(32)37-22(5)6;1-17(2)25(34)14-11-23(29(38)19(5)6)32-27(36)16-13-24(30(39)20(7)8)33-26(35)15-12-22(31-21(9)10)28(37)18(3)4;1-10(2)14(17)13(16-12(5)6)8-7-9-15-11(3)4;1-9(2)12(15)11(14-10(3)4)7-6-8-13-5;1-6-10(8(2)3)7-11-9(4)5/h20-32H,12-19H2,1-11H3;17-24,31H,11-16H2,1-10H3,(H,32,36)(H,33,35);10-13,15-16H,7-9H2,1-6H3;9-11,13-14H,6-8H2,1-5H3;8-10H,6-7H2,1-5H3/t24-,25?,26?,27?,28?,29?,30?,31?,32?,33?,34?;;;11-;/m1..0./s1. The monoisotopic (exact) mass is 1700 g/mol. The molecule has 0 aromatic heterocycles. The number of carbonyl (C=O) groups is 8. The summed E-state index contributed by atoms with van der Waals surface area (Å²) < 4.78 is 32.0. The molecule has 0 bridgehead atoms. The van der Waals surface area contributed by atoms with Gasteiger partial charge in [-0.2, -0.15) is 0 Å². The Hall–Kier alpha value is -3.44. The Morgan fingerprint density at radius 1 is 0.408 bits per heavy atom. The molecule has 0 heterocycles. The number of ether oxygens (including phenoxy) is 5. The number of amides is 2. The highest BCUT2D eigenvalue weighted by atomic mass is 16.5. The van der Waals surface area contributed by atoms with Crippen LogP contribution in [0, 0.1) is 93.7 Å². The molecule has 706 valence electrons. The first kappa shape index (κ1) is 117. The van der Waals surface area contributed by atoms with Crippen molar-refractivity contribution in [2.75, 3.05) is 33.4 Å². The SMILES string of the molecule is CC(C)NC(CCC(=O)NC(CCC(=O)NC(CCC(=O)C(C)C)C(=O)C(C)C)C(=O)C(C)C)C(=O)C(C)C.CC(C)NCCCC(NC(C)C)C(=O)C(C)C.CC(C)OC[C@@H](C)C1CCC2C3C(OC(C)C)CC4CC(OC(C)C)CCC4(C)C3CC(OC(C)C)C21C.CCC(COC(C)C)C(C)C.CNCCC[C@H](NC(C)C)C(=O)C(C)C. The van der Waals surface area contributed by atoms with E-state index >= 15 is 0 Å². The molecule has 4 saturated carbocycles. The highest BCUT2D eigenvalue weighted by Crippen LogP contribution is 2.69. The van der Waals surface area contributed by atoms with Crippen LogP contribution in [0.1, 0.15) is 365 Å². The molecule has 120 heavy (non-hydrogen) atoms. The zero-order valence-electron chi connectivity index (χ0n) is 84.3. The molecule has 4 aliphatic carbocycles. The van der Waals surface area contributed by atoms with E-state index in [1.165, 1.54) is 51.4 Å². The van der Waals surface area contributed by atoms with E-state index in [0.717, 1.165) is 63.8 Å². The van der Waals surface area contributed by atoms with Gasteiger partial charge in [-0.15, -0.1) is 0 Å². The van der Waals surface area contributed by atoms with Crippen LogP contribution in [0.4, 0.5) is 0 Å². The predicted molar refractivity (Wildman–Crippen MR) is 498 cm³/mol. The van der Waals surface area contributed by atoms with E-state index in [9.17, 15) is 38.4 Å². The second kappa shape index (κ2) is 59.6. The lowest BCUT2D eigenvalue weighted by Crippen LogP contribution is -2.63. The lowest BCUT2D eigenvalue weighted by Gasteiger charge is -2.65. The van der Waals surface area contributed by atoms with Gasteiger partial charge in [-0.05, 0) is 232 Å². The molecular weight excluding hydrogens is 1510 g/mol. The third-order valence-corrected chi connectivity index (χ3v) is 25.2. The van der Waals surface area contributed by atoms with E-state index in [4.69, 9.17) is 23.7 Å². The zero-order valence-corrected chi connectivity index (χ0v) is 84.3. The van der Waals surface area contributed by atoms with Gasteiger partial charge in [0, 0.05) is 97.6 Å². The number of ketones is 6. The number of carbonyl (C=O) groups excluding carboxylic acids is 8. The van der Waals surface area contributed by atoms with Crippen LogP contribution < -0.4 is 37.2 Å². The number of nitrogens with one attached hydrogen (secondary N) is 7. The maximum absolute atomic E-state index is 12.8. The van der Waals surface area contributed by atoms with Gasteiger partial charge in [0.15, 0.2) is 28.9 Å². The van der Waals surface area contributed by atoms with Crippen LogP contribution in [-0.4, -0.2) is 183 Å². The van der Waals surface area contributed by atoms with Crippen LogP contribution in [-0.2, 0) is 62.0 Å². The largest absolute Gasteiger partial charge is 0.379 e. The van der Waals surface area contributed by atoms with Crippen LogP contribution in [0.15, 0.2) is 0 Å². The van der Waals surface area contributed by atoms with Crippen molar-refractivity contribution in [3.63, 3.8) is 0 Å². The Kier molecular flexibility index (Phi) is 57.9. The van der Waals surface area contributed by atoms with Gasteiger partial charge in [0.25, 0.3) is 0 Å². The molecule has 0 aromatic carbocycles. The summed E-state index contributed by atoms with van der Waals surface area (Å²) in [4.78, 5) is 99.6. The summed E-state index contributed by atoms with van der Waals surface area (Å²) in [6.45, 7) is 78.6. The number of hydrogen-bond acceptors (Lipinski definition) is 18. The van der Waals surface area contributed by atoms with E-state index in [0.29, 0.717) is 108 Å². The molecule has 7 N–H and O–H groups in total. The van der Waals surface area contributed by atoms with Crippen molar-refractivity contribution in [3.05, 3.63) is 0 Å². The van der Waals surface area contributed by atoms with Crippen LogP contribution in [0.3, 0.4) is 0 Å². The topological polar surface area (TPSA) is 267 Å². The average Bonchev–Trinajstić information content (AvgIpc) is 1.40. The fraction of sp³-hybridized carbons (Fsp3) is 0.920. The van der Waals surface area contributed by atoms with Gasteiger partial charge in [0.2, 0.25) is 11.8 Å². The van der Waals surface area contributed by atoms with Crippen molar-refractivity contribution < 1.29 is 62.0 Å². The highest BCUT2D eigenvalue weighted by Gasteiger charge is 2.67. The fourth-order valence-electron chi connectivity index (χ4n) is 18.7. The second-order valence-corrected chi connectivity index (χ2v) is 41.5. The summed E-state index contributed by atoms with van der Waals surface area (Å²) in [6.07, 6.45) is 17.2. The number of fused-ring (bicyclic) bond motifs is 5. The fourth-order valence-corrected chi connectivity index (χ4v) is 18.7. The summed E-state index contributed by atoms with van der Waals surface area (Å²) >= 11 is 0. The van der Waals surface area contributed by atoms with E-state index in [-0.39, 0.29) is 139 Å². The molecule has 0 aromatic rings. The molecule has 4 aliphatic rings. The van der Waals surface area contributed by atoms with E-state index in [1.807, 2.05) is 62.4 Å². The minimum atomic E-state index is -0.859. The Bertz CT molecular complexity index is 2860. The first-order valence-corrected chi connectivity index (χ1v) is 48.3. The maximum Gasteiger partial charge on any atom is 0.220 e. The molecule has 0 saturated heterocycles. The zero-order chi connectivity index (χ0) is 92.6. The Morgan fingerprint density at radius 3 is 1.20 bits per heavy atom. The Labute approximate surface area is 737 Å². The summed E-state index contributed by atoms with van der Waals surface area (Å²) in [6, 6.07) is -0.730. The van der Waals surface area contributed by atoms with Crippen molar-refractivity contribution in [1.29, 1.82) is 0 Å². The van der Waals surface area contributed by atoms with Gasteiger partial charge in [0.05, 0.1) is 79.0 Å². The molecule has 17 atom stereocenters. The third kappa shape index (κ3) is 43.4. The van der Waals surface area contributed by atoms with Gasteiger partial charge < -0.3 is 60.9 Å². The third-order valence-electron chi connectivity index (χ3n) is 25.2. The van der Waals surface area contributed by atoms with Crippen LogP contribution in [0.2, 0.25) is 0 Å². The first-order valence-electron chi connectivity index (χ1n) is 48.3. The van der Waals surface area contributed by atoms with E-state index in [2.05, 4.69) is 190 Å². The lowest BCUT2D eigenvalue weighted by molar-refractivity contribution is -0.238. The molecule has 20 heteroatoms. The lowest BCUT2D eigenvalue weighted by atomic mass is 9.43. The molecule has 0 radical (unpaired) electrons. The Morgan fingerprint density at radius 2 is 0.817 bits per heavy atom. The molecular formula is C100H193N7O13. The number of hydrogen-bond donors (Lipinski definition) is 7. The first-order chi connectivity index (χ1) is 55.6. The van der Waals surface area contributed by atoms with Crippen molar-refractivity contribution in [2.45, 2.75) is 468 Å². The van der Waals surface area contributed by atoms with Crippen molar-refractivity contribution in [2.24, 2.45) is 93.7 Å². The summed E-state index contributed by atoms with van der Waals surface area (Å²) in [5.41, 5.74) is 0.521. The molecule has 2 amide bonds. The number of Topliss-reactive ketones (excluding diaryl/α,β-unsaturated/α-hetero) is 6. The highest BCUT2D eigenvalue weighted by molar-refractivity contribution is 5.93. The van der Waals surface area contributed by atoms with Crippen LogP contribution in [0.5, 0.6) is 0 Å².